The van der Waals surface area contributed by atoms with Crippen molar-refractivity contribution in [2.75, 3.05) is 6.54 Å². The molecule has 0 amide bonds. The minimum atomic E-state index is 0.595. The molecule has 2 nitrogen and oxygen atoms in total. The van der Waals surface area contributed by atoms with Crippen molar-refractivity contribution in [1.29, 1.82) is 0 Å². The molecule has 1 rings (SSSR count). The van der Waals surface area contributed by atoms with Gasteiger partial charge in [-0.2, -0.15) is 0 Å². The van der Waals surface area contributed by atoms with Gasteiger partial charge in [0.2, 0.25) is 0 Å². The Morgan fingerprint density at radius 1 is 1.60 bits per heavy atom. The first-order valence-electron chi connectivity index (χ1n) is 4.15. The summed E-state index contributed by atoms with van der Waals surface area (Å²) < 4.78 is 0. The van der Waals surface area contributed by atoms with E-state index in [0.717, 1.165) is 13.0 Å². The largest absolute Gasteiger partial charge is 0.330 e. The summed E-state index contributed by atoms with van der Waals surface area (Å²) in [5.74, 6) is 0. The molecule has 0 bridgehead atoms. The smallest absolute Gasteiger partial charge is 0.0496 e. The van der Waals surface area contributed by atoms with Gasteiger partial charge < -0.3 is 5.73 Å². The van der Waals surface area contributed by atoms with Gasteiger partial charge in [-0.15, -0.1) is 0 Å². The van der Waals surface area contributed by atoms with Crippen molar-refractivity contribution in [2.24, 2.45) is 10.7 Å². The molecule has 10 heavy (non-hydrogen) atoms. The Labute approximate surface area is 62.5 Å². The maximum Gasteiger partial charge on any atom is 0.0496 e. The van der Waals surface area contributed by atoms with Gasteiger partial charge in [0.15, 0.2) is 0 Å². The zero-order chi connectivity index (χ0) is 7.23. The number of rotatable bonds is 3. The lowest BCUT2D eigenvalue weighted by atomic mass is 10.0. The van der Waals surface area contributed by atoms with E-state index in [2.05, 4.69) is 11.2 Å². The fourth-order valence-corrected chi connectivity index (χ4v) is 1.32. The van der Waals surface area contributed by atoms with E-state index in [-0.39, 0.29) is 0 Å². The zero-order valence-electron chi connectivity index (χ0n) is 6.42. The van der Waals surface area contributed by atoms with Crippen molar-refractivity contribution >= 4 is 6.21 Å². The van der Waals surface area contributed by atoms with Crippen molar-refractivity contribution in [2.45, 2.75) is 38.1 Å². The maximum absolute atomic E-state index is 5.39. The van der Waals surface area contributed by atoms with Crippen molar-refractivity contribution in [3.05, 3.63) is 0 Å². The third kappa shape index (κ3) is 2.48. The lowest BCUT2D eigenvalue weighted by Crippen LogP contribution is -2.11. The highest BCUT2D eigenvalue weighted by Crippen LogP contribution is 2.13. The van der Waals surface area contributed by atoms with Crippen LogP contribution in [0.4, 0.5) is 0 Å². The zero-order valence-corrected chi connectivity index (χ0v) is 6.42. The number of aliphatic imine (C=N–C) groups is 1. The van der Waals surface area contributed by atoms with Crippen LogP contribution in [-0.2, 0) is 0 Å². The molecular formula is C8H16N2. The van der Waals surface area contributed by atoms with Gasteiger partial charge >= 0.3 is 0 Å². The number of hydrogen-bond donors (Lipinski definition) is 1. The monoisotopic (exact) mass is 140 g/mol. The van der Waals surface area contributed by atoms with Crippen molar-refractivity contribution < 1.29 is 0 Å². The van der Waals surface area contributed by atoms with E-state index in [1.54, 1.807) is 0 Å². The summed E-state index contributed by atoms with van der Waals surface area (Å²) in [6, 6.07) is 0.595. The Balaban J connectivity index is 2.13. The molecule has 1 aliphatic heterocycles. The second-order valence-electron chi connectivity index (χ2n) is 2.85. The van der Waals surface area contributed by atoms with Crippen LogP contribution in [0.1, 0.15) is 32.1 Å². The Hall–Kier alpha value is -0.370. The average molecular weight is 140 g/mol. The van der Waals surface area contributed by atoms with Gasteiger partial charge in [-0.25, -0.2) is 0 Å². The molecule has 0 aliphatic carbocycles. The molecule has 0 aromatic rings. The second kappa shape index (κ2) is 4.45. The van der Waals surface area contributed by atoms with Gasteiger partial charge in [-0.05, 0) is 44.9 Å². The maximum atomic E-state index is 5.39. The molecule has 0 saturated carbocycles. The summed E-state index contributed by atoms with van der Waals surface area (Å²) in [7, 11) is 0. The molecule has 0 radical (unpaired) electrons. The lowest BCUT2D eigenvalue weighted by molar-refractivity contribution is 0.524. The third-order valence-corrected chi connectivity index (χ3v) is 1.93. The molecule has 2 N–H and O–H groups in total. The van der Waals surface area contributed by atoms with Crippen molar-refractivity contribution in [3.8, 4) is 0 Å². The highest BCUT2D eigenvalue weighted by Gasteiger charge is 2.07. The quantitative estimate of drug-likeness (QED) is 0.631. The van der Waals surface area contributed by atoms with E-state index < -0.39 is 0 Å². The SMILES string of the molecule is NCCCC1CCCC=N1. The van der Waals surface area contributed by atoms with E-state index in [0.29, 0.717) is 6.04 Å². The Morgan fingerprint density at radius 3 is 3.10 bits per heavy atom. The minimum Gasteiger partial charge on any atom is -0.330 e. The van der Waals surface area contributed by atoms with E-state index in [1.165, 1.54) is 25.7 Å². The summed E-state index contributed by atoms with van der Waals surface area (Å²) in [6.07, 6.45) is 8.15. The van der Waals surface area contributed by atoms with E-state index in [1.807, 2.05) is 0 Å². The van der Waals surface area contributed by atoms with Crippen LogP contribution >= 0.6 is 0 Å². The minimum absolute atomic E-state index is 0.595. The first-order chi connectivity index (χ1) is 4.93. The molecule has 58 valence electrons. The standard InChI is InChI=1S/C8H16N2/c9-6-3-5-8-4-1-2-7-10-8/h7-8H,1-6,9H2. The summed E-state index contributed by atoms with van der Waals surface area (Å²) in [6.45, 7) is 0.812. The van der Waals surface area contributed by atoms with Gasteiger partial charge in [0.25, 0.3) is 0 Å². The van der Waals surface area contributed by atoms with E-state index in [4.69, 9.17) is 5.73 Å². The van der Waals surface area contributed by atoms with E-state index >= 15 is 0 Å². The lowest BCUT2D eigenvalue weighted by Gasteiger charge is -2.14. The van der Waals surface area contributed by atoms with Gasteiger partial charge in [0.1, 0.15) is 0 Å². The van der Waals surface area contributed by atoms with Crippen molar-refractivity contribution in [1.82, 2.24) is 0 Å². The Kier molecular flexibility index (Phi) is 3.44. The van der Waals surface area contributed by atoms with Crippen LogP contribution < -0.4 is 5.73 Å². The fraction of sp³-hybridized carbons (Fsp3) is 0.875. The predicted octanol–water partition coefficient (Wildman–Crippen LogP) is 1.35. The molecular weight excluding hydrogens is 124 g/mol. The van der Waals surface area contributed by atoms with Gasteiger partial charge in [-0.1, -0.05) is 0 Å². The Morgan fingerprint density at radius 2 is 2.50 bits per heavy atom. The number of hydrogen-bond acceptors (Lipinski definition) is 2. The first kappa shape index (κ1) is 7.73. The van der Waals surface area contributed by atoms with Crippen LogP contribution in [0.3, 0.4) is 0 Å². The molecule has 2 heteroatoms. The summed E-state index contributed by atoms with van der Waals surface area (Å²) in [5.41, 5.74) is 5.39. The normalized spacial score (nSPS) is 25.1. The van der Waals surface area contributed by atoms with Gasteiger partial charge in [0, 0.05) is 6.04 Å². The summed E-state index contributed by atoms with van der Waals surface area (Å²) in [5, 5.41) is 0. The molecule has 0 fully saturated rings. The highest BCUT2D eigenvalue weighted by molar-refractivity contribution is 5.58. The molecule has 0 aromatic heterocycles. The van der Waals surface area contributed by atoms with E-state index in [9.17, 15) is 0 Å². The molecule has 1 unspecified atom stereocenters. The topological polar surface area (TPSA) is 38.4 Å². The van der Waals surface area contributed by atoms with Crippen LogP contribution in [0.2, 0.25) is 0 Å². The highest BCUT2D eigenvalue weighted by atomic mass is 14.8. The van der Waals surface area contributed by atoms with Crippen LogP contribution in [0.25, 0.3) is 0 Å². The van der Waals surface area contributed by atoms with Crippen molar-refractivity contribution in [3.63, 3.8) is 0 Å². The predicted molar refractivity (Wildman–Crippen MR) is 44.4 cm³/mol. The number of nitrogens with zero attached hydrogens (tertiary/aromatic N) is 1. The first-order valence-corrected chi connectivity index (χ1v) is 4.15. The molecule has 1 aliphatic rings. The van der Waals surface area contributed by atoms with Gasteiger partial charge in [0.05, 0.1) is 0 Å². The molecule has 1 heterocycles. The van der Waals surface area contributed by atoms with Crippen LogP contribution in [0, 0.1) is 0 Å². The molecule has 0 aromatic carbocycles. The third-order valence-electron chi connectivity index (χ3n) is 1.93. The summed E-state index contributed by atoms with van der Waals surface area (Å²) in [4.78, 5) is 4.39. The molecule has 1 atom stereocenters. The van der Waals surface area contributed by atoms with Gasteiger partial charge in [-0.3, -0.25) is 4.99 Å². The molecule has 0 spiro atoms. The Bertz CT molecular complexity index is 110. The van der Waals surface area contributed by atoms with Crippen LogP contribution in [-0.4, -0.2) is 18.8 Å². The average Bonchev–Trinajstić information content (AvgIpc) is 2.03. The van der Waals surface area contributed by atoms with Crippen LogP contribution in [0.5, 0.6) is 0 Å². The number of nitrogens with two attached hydrogens (primary N) is 1. The summed E-state index contributed by atoms with van der Waals surface area (Å²) >= 11 is 0. The second-order valence-corrected chi connectivity index (χ2v) is 2.85. The van der Waals surface area contributed by atoms with Crippen LogP contribution in [0.15, 0.2) is 4.99 Å². The molecule has 0 saturated heterocycles. The fourth-order valence-electron chi connectivity index (χ4n) is 1.32.